The van der Waals surface area contributed by atoms with E-state index in [-0.39, 0.29) is 32.5 Å². The maximum absolute atomic E-state index is 9.55. The number of carboxylic acid groups (broad SMARTS) is 3. The van der Waals surface area contributed by atoms with Gasteiger partial charge in [-0.05, 0) is 0 Å². The number of aliphatic hydroxyl groups is 3. The summed E-state index contributed by atoms with van der Waals surface area (Å²) >= 11 is 11.0. The predicted molar refractivity (Wildman–Crippen MR) is 98.5 cm³/mol. The summed E-state index contributed by atoms with van der Waals surface area (Å²) in [5, 5.41) is 47.6. The van der Waals surface area contributed by atoms with Gasteiger partial charge in [-0.2, -0.15) is 37.9 Å². The first-order chi connectivity index (χ1) is 11.1. The molecular formula is C12H26O9S3. The summed E-state index contributed by atoms with van der Waals surface area (Å²) in [6.07, 6.45) is -0.486. The van der Waals surface area contributed by atoms with Crippen molar-refractivity contribution in [3.8, 4) is 0 Å². The summed E-state index contributed by atoms with van der Waals surface area (Å²) in [6.45, 7) is -0.729. The Morgan fingerprint density at radius 1 is 0.667 bits per heavy atom. The lowest BCUT2D eigenvalue weighted by Crippen LogP contribution is -2.15. The van der Waals surface area contributed by atoms with E-state index in [0.717, 1.165) is 0 Å². The molecule has 0 aliphatic carbocycles. The van der Waals surface area contributed by atoms with Gasteiger partial charge in [0.05, 0.1) is 32.5 Å². The third-order valence-electron chi connectivity index (χ3n) is 1.40. The molecule has 0 bridgehead atoms. The monoisotopic (exact) mass is 410 g/mol. The van der Waals surface area contributed by atoms with E-state index in [1.807, 2.05) is 0 Å². The van der Waals surface area contributed by atoms with Gasteiger partial charge >= 0.3 is 17.9 Å². The fourth-order valence-corrected chi connectivity index (χ4v) is 0.919. The molecule has 0 fully saturated rings. The lowest BCUT2D eigenvalue weighted by molar-refractivity contribution is -0.137. The van der Waals surface area contributed by atoms with Crippen LogP contribution in [0.2, 0.25) is 0 Å². The van der Waals surface area contributed by atoms with Gasteiger partial charge in [-0.25, -0.2) is 0 Å². The van der Waals surface area contributed by atoms with Crippen LogP contribution in [0.15, 0.2) is 0 Å². The lowest BCUT2D eigenvalue weighted by atomic mass is 10.4. The number of carboxylic acids is 3. The van der Waals surface area contributed by atoms with E-state index in [2.05, 4.69) is 37.9 Å². The van der Waals surface area contributed by atoms with Crippen LogP contribution >= 0.6 is 37.9 Å². The SMILES string of the molecule is O=C(O)CCS.O=C(O)CCS.O=C(O)CCS.OCC(O)CO. The summed E-state index contributed by atoms with van der Waals surface area (Å²) in [6, 6.07) is 0. The molecule has 0 saturated carbocycles. The minimum atomic E-state index is -0.954. The van der Waals surface area contributed by atoms with Crippen molar-refractivity contribution in [2.24, 2.45) is 0 Å². The van der Waals surface area contributed by atoms with Crippen LogP contribution in [0.25, 0.3) is 0 Å². The Bertz CT molecular complexity index is 261. The highest BCUT2D eigenvalue weighted by Crippen LogP contribution is 1.80. The highest BCUT2D eigenvalue weighted by atomic mass is 32.1. The van der Waals surface area contributed by atoms with Crippen molar-refractivity contribution in [2.45, 2.75) is 25.4 Å². The average Bonchev–Trinajstić information content (AvgIpc) is 2.47. The van der Waals surface area contributed by atoms with E-state index in [4.69, 9.17) is 30.6 Å². The van der Waals surface area contributed by atoms with Crippen molar-refractivity contribution < 1.29 is 45.0 Å². The van der Waals surface area contributed by atoms with E-state index < -0.39 is 24.0 Å². The topological polar surface area (TPSA) is 173 Å². The second-order valence-electron chi connectivity index (χ2n) is 3.62. The standard InChI is InChI=1S/C3H8O3.3C3H6O2S/c4-1-3(6)2-5;3*4-3(5)1-2-6/h3-6H,1-2H2;3*6H,1-2H2,(H,4,5). The van der Waals surface area contributed by atoms with Crippen molar-refractivity contribution in [3.05, 3.63) is 0 Å². The van der Waals surface area contributed by atoms with Gasteiger partial charge in [-0.3, -0.25) is 14.4 Å². The summed E-state index contributed by atoms with van der Waals surface area (Å²) in [4.78, 5) is 28.7. The Balaban J connectivity index is -0.000000111. The zero-order chi connectivity index (χ0) is 20.0. The Labute approximate surface area is 156 Å². The van der Waals surface area contributed by atoms with Gasteiger partial charge in [0.2, 0.25) is 0 Å². The van der Waals surface area contributed by atoms with E-state index in [1.165, 1.54) is 0 Å². The van der Waals surface area contributed by atoms with Gasteiger partial charge in [0, 0.05) is 17.3 Å². The molecule has 0 amide bonds. The first-order valence-corrected chi connectivity index (χ1v) is 8.40. The fourth-order valence-electron chi connectivity index (χ4n) is 0.345. The zero-order valence-corrected chi connectivity index (χ0v) is 15.7. The van der Waals surface area contributed by atoms with Crippen LogP contribution in [0.1, 0.15) is 19.3 Å². The van der Waals surface area contributed by atoms with Gasteiger partial charge in [0.15, 0.2) is 0 Å². The Morgan fingerprint density at radius 2 is 0.875 bits per heavy atom. The molecule has 146 valence electrons. The van der Waals surface area contributed by atoms with Crippen molar-refractivity contribution >= 4 is 55.8 Å². The molecule has 0 saturated heterocycles. The van der Waals surface area contributed by atoms with Crippen LogP contribution in [0.3, 0.4) is 0 Å². The van der Waals surface area contributed by atoms with E-state index in [9.17, 15) is 14.4 Å². The Hall–Kier alpha value is -0.660. The van der Waals surface area contributed by atoms with Gasteiger partial charge in [0.25, 0.3) is 0 Å². The normalized spacial score (nSPS) is 8.62. The quantitative estimate of drug-likeness (QED) is 0.239. The van der Waals surface area contributed by atoms with Gasteiger partial charge < -0.3 is 30.6 Å². The Kier molecular flexibility index (Phi) is 35.3. The molecule has 0 atom stereocenters. The largest absolute Gasteiger partial charge is 0.481 e. The Morgan fingerprint density at radius 3 is 0.875 bits per heavy atom. The minimum absolute atomic E-state index is 0.156. The number of hydrogen-bond donors (Lipinski definition) is 9. The highest BCUT2D eigenvalue weighted by molar-refractivity contribution is 7.80. The maximum Gasteiger partial charge on any atom is 0.304 e. The molecule has 24 heavy (non-hydrogen) atoms. The number of rotatable bonds is 8. The summed E-state index contributed by atoms with van der Waals surface area (Å²) in [5.41, 5.74) is 0. The van der Waals surface area contributed by atoms with Crippen LogP contribution in [0.4, 0.5) is 0 Å². The molecule has 0 aliphatic rings. The van der Waals surface area contributed by atoms with Gasteiger partial charge in [-0.15, -0.1) is 0 Å². The van der Waals surface area contributed by atoms with Crippen LogP contribution < -0.4 is 0 Å². The molecule has 12 heteroatoms. The third-order valence-corrected chi connectivity index (χ3v) is 2.07. The molecule has 0 heterocycles. The molecule has 9 nitrogen and oxygen atoms in total. The number of hydrogen-bond acceptors (Lipinski definition) is 9. The zero-order valence-electron chi connectivity index (χ0n) is 13.0. The summed E-state index contributed by atoms with van der Waals surface area (Å²) in [5.74, 6) is -1.08. The van der Waals surface area contributed by atoms with Gasteiger partial charge in [0.1, 0.15) is 6.10 Å². The number of thiol groups is 3. The molecule has 6 N–H and O–H groups in total. The van der Waals surface area contributed by atoms with Crippen molar-refractivity contribution in [1.82, 2.24) is 0 Å². The smallest absolute Gasteiger partial charge is 0.304 e. The molecule has 0 unspecified atom stereocenters. The van der Waals surface area contributed by atoms with E-state index in [0.29, 0.717) is 17.3 Å². The summed E-state index contributed by atoms with van der Waals surface area (Å²) in [7, 11) is 0. The van der Waals surface area contributed by atoms with Crippen LogP contribution in [-0.4, -0.2) is 85.1 Å². The molecular weight excluding hydrogens is 384 g/mol. The average molecular weight is 411 g/mol. The lowest BCUT2D eigenvalue weighted by Gasteiger charge is -1.96. The predicted octanol–water partition coefficient (Wildman–Crippen LogP) is -0.495. The van der Waals surface area contributed by atoms with Crippen LogP contribution in [0, 0.1) is 0 Å². The first kappa shape index (κ1) is 31.1. The molecule has 0 aromatic rings. The van der Waals surface area contributed by atoms with Crippen LogP contribution in [-0.2, 0) is 14.4 Å². The molecule has 0 radical (unpaired) electrons. The number of aliphatic hydroxyl groups excluding tert-OH is 3. The molecule has 0 aromatic carbocycles. The van der Waals surface area contributed by atoms with Crippen LogP contribution in [0.5, 0.6) is 0 Å². The third kappa shape index (κ3) is 58.0. The molecule has 0 spiro atoms. The second-order valence-corrected chi connectivity index (χ2v) is 4.96. The van der Waals surface area contributed by atoms with Gasteiger partial charge in [-0.1, -0.05) is 0 Å². The van der Waals surface area contributed by atoms with E-state index in [1.54, 1.807) is 0 Å². The van der Waals surface area contributed by atoms with E-state index >= 15 is 0 Å². The van der Waals surface area contributed by atoms with Crippen molar-refractivity contribution in [2.75, 3.05) is 30.5 Å². The maximum atomic E-state index is 9.55. The summed E-state index contributed by atoms with van der Waals surface area (Å²) < 4.78 is 0. The highest BCUT2D eigenvalue weighted by Gasteiger charge is 1.93. The molecule has 0 rings (SSSR count). The second kappa shape index (κ2) is 27.2. The van der Waals surface area contributed by atoms with Crippen molar-refractivity contribution in [3.63, 3.8) is 0 Å². The minimum Gasteiger partial charge on any atom is -0.481 e. The molecule has 0 aromatic heterocycles. The number of aliphatic carboxylic acids is 3. The molecule has 0 aliphatic heterocycles. The van der Waals surface area contributed by atoms with Crippen molar-refractivity contribution in [1.29, 1.82) is 0 Å². The number of carbonyl (C=O) groups is 3. The first-order valence-electron chi connectivity index (χ1n) is 6.50. The fraction of sp³-hybridized carbons (Fsp3) is 0.750.